The molecular weight excluding hydrogens is 171 g/mol. The number of primary amides is 1. The number of carbonyl (C=O) groups is 1. The third kappa shape index (κ3) is 2.02. The fraction of sp³-hybridized carbons (Fsp3) is 0.333. The van der Waals surface area contributed by atoms with E-state index in [4.69, 9.17) is 5.73 Å². The average Bonchev–Trinajstić information content (AvgIpc) is 2.03. The van der Waals surface area contributed by atoms with Crippen LogP contribution in [0.3, 0.4) is 0 Å². The van der Waals surface area contributed by atoms with Gasteiger partial charge in [0.05, 0.1) is 0 Å². The number of hydrogen-bond acceptors (Lipinski definition) is 2. The van der Waals surface area contributed by atoms with Crippen LogP contribution in [-0.4, -0.2) is 10.9 Å². The molecule has 0 aliphatic carbocycles. The first kappa shape index (κ1) is 9.64. The van der Waals surface area contributed by atoms with Crippen LogP contribution in [0.2, 0.25) is 0 Å². The molecule has 0 spiro atoms. The van der Waals surface area contributed by atoms with Crippen molar-refractivity contribution in [3.05, 3.63) is 29.3 Å². The molecule has 0 aromatic carbocycles. The molecule has 4 heteroatoms. The summed E-state index contributed by atoms with van der Waals surface area (Å²) in [6, 6.07) is 1.07. The normalized spacial score (nSPS) is 10.5. The fourth-order valence-corrected chi connectivity index (χ4v) is 1.00. The molecule has 0 saturated carbocycles. The number of nitrogens with zero attached hydrogens (tertiary/aromatic N) is 1. The van der Waals surface area contributed by atoms with Gasteiger partial charge in [0.25, 0.3) is 5.91 Å². The maximum atomic E-state index is 13.2. The summed E-state index contributed by atoms with van der Waals surface area (Å²) in [5, 5.41) is 0. The Morgan fingerprint density at radius 1 is 1.62 bits per heavy atom. The Morgan fingerprint density at radius 3 is 2.62 bits per heavy atom. The van der Waals surface area contributed by atoms with Crippen LogP contribution in [0.25, 0.3) is 0 Å². The first-order chi connectivity index (χ1) is 6.02. The van der Waals surface area contributed by atoms with Gasteiger partial charge >= 0.3 is 0 Å². The highest BCUT2D eigenvalue weighted by molar-refractivity contribution is 5.90. The molecule has 70 valence electrons. The van der Waals surface area contributed by atoms with Gasteiger partial charge in [0.15, 0.2) is 0 Å². The zero-order valence-corrected chi connectivity index (χ0v) is 7.54. The number of aromatic nitrogens is 1. The molecule has 3 nitrogen and oxygen atoms in total. The Balaban J connectivity index is 3.13. The summed E-state index contributed by atoms with van der Waals surface area (Å²) in [5.41, 5.74) is 5.39. The zero-order valence-electron chi connectivity index (χ0n) is 7.54. The molecule has 0 unspecified atom stereocenters. The molecule has 2 N–H and O–H groups in total. The average molecular weight is 182 g/mol. The van der Waals surface area contributed by atoms with E-state index in [1.54, 1.807) is 0 Å². The zero-order chi connectivity index (χ0) is 10.0. The number of halogens is 1. The monoisotopic (exact) mass is 182 g/mol. The third-order valence-electron chi connectivity index (χ3n) is 1.76. The third-order valence-corrected chi connectivity index (χ3v) is 1.76. The van der Waals surface area contributed by atoms with Crippen molar-refractivity contribution in [3.63, 3.8) is 0 Å². The van der Waals surface area contributed by atoms with Gasteiger partial charge in [0.2, 0.25) is 0 Å². The lowest BCUT2D eigenvalue weighted by molar-refractivity contribution is 0.0995. The van der Waals surface area contributed by atoms with E-state index in [9.17, 15) is 9.18 Å². The molecule has 0 bridgehead atoms. The van der Waals surface area contributed by atoms with Gasteiger partial charge < -0.3 is 5.73 Å². The Labute approximate surface area is 75.8 Å². The second-order valence-corrected chi connectivity index (χ2v) is 3.11. The Hall–Kier alpha value is -1.45. The number of pyridine rings is 1. The quantitative estimate of drug-likeness (QED) is 0.752. The summed E-state index contributed by atoms with van der Waals surface area (Å²) in [7, 11) is 0. The van der Waals surface area contributed by atoms with E-state index in [2.05, 4.69) is 4.98 Å². The Morgan fingerprint density at radius 2 is 2.23 bits per heavy atom. The van der Waals surface area contributed by atoms with E-state index in [0.717, 1.165) is 6.07 Å². The number of carbonyl (C=O) groups excluding carboxylic acids is 1. The van der Waals surface area contributed by atoms with Gasteiger partial charge in [-0.05, 0) is 5.92 Å². The van der Waals surface area contributed by atoms with Crippen molar-refractivity contribution in [2.45, 2.75) is 19.8 Å². The van der Waals surface area contributed by atoms with Gasteiger partial charge in [-0.3, -0.25) is 9.78 Å². The molecule has 0 radical (unpaired) electrons. The number of nitrogens with two attached hydrogens (primary N) is 1. The lowest BCUT2D eigenvalue weighted by Crippen LogP contribution is -2.14. The van der Waals surface area contributed by atoms with Crippen LogP contribution < -0.4 is 5.73 Å². The minimum absolute atomic E-state index is 0.0399. The van der Waals surface area contributed by atoms with Crippen LogP contribution in [0.1, 0.15) is 35.8 Å². The second kappa shape index (κ2) is 3.51. The molecule has 1 rings (SSSR count). The molecule has 0 aliphatic heterocycles. The summed E-state index contributed by atoms with van der Waals surface area (Å²) >= 11 is 0. The number of hydrogen-bond donors (Lipinski definition) is 1. The lowest BCUT2D eigenvalue weighted by Gasteiger charge is -2.06. The van der Waals surface area contributed by atoms with Crippen molar-refractivity contribution < 1.29 is 9.18 Å². The standard InChI is InChI=1S/C9H11FN2O/c1-5(2)6-4-12-8(9(11)13)3-7(6)10/h3-5H,1-2H3,(H2,11,13). The largest absolute Gasteiger partial charge is 0.364 e. The topological polar surface area (TPSA) is 56.0 Å². The van der Waals surface area contributed by atoms with Gasteiger partial charge in [0, 0.05) is 17.8 Å². The van der Waals surface area contributed by atoms with Crippen molar-refractivity contribution in [1.82, 2.24) is 4.98 Å². The van der Waals surface area contributed by atoms with E-state index in [0.29, 0.717) is 5.56 Å². The van der Waals surface area contributed by atoms with Crippen LogP contribution in [0, 0.1) is 5.82 Å². The van der Waals surface area contributed by atoms with Crippen molar-refractivity contribution in [3.8, 4) is 0 Å². The van der Waals surface area contributed by atoms with E-state index < -0.39 is 11.7 Å². The van der Waals surface area contributed by atoms with E-state index in [1.165, 1.54) is 6.20 Å². The summed E-state index contributed by atoms with van der Waals surface area (Å²) in [5.74, 6) is -1.09. The van der Waals surface area contributed by atoms with Crippen LogP contribution in [0.4, 0.5) is 4.39 Å². The van der Waals surface area contributed by atoms with Gasteiger partial charge in [-0.2, -0.15) is 0 Å². The van der Waals surface area contributed by atoms with Crippen molar-refractivity contribution >= 4 is 5.91 Å². The summed E-state index contributed by atoms with van der Waals surface area (Å²) < 4.78 is 13.2. The molecule has 0 saturated heterocycles. The Kier molecular flexibility index (Phi) is 2.60. The Bertz CT molecular complexity index is 336. The molecule has 13 heavy (non-hydrogen) atoms. The van der Waals surface area contributed by atoms with Gasteiger partial charge in [-0.25, -0.2) is 4.39 Å². The molecule has 0 atom stereocenters. The van der Waals surface area contributed by atoms with E-state index in [1.807, 2.05) is 13.8 Å². The molecule has 1 heterocycles. The SMILES string of the molecule is CC(C)c1cnc(C(N)=O)cc1F. The van der Waals surface area contributed by atoms with Gasteiger partial charge in [-0.1, -0.05) is 13.8 Å². The smallest absolute Gasteiger partial charge is 0.267 e. The van der Waals surface area contributed by atoms with Crippen LogP contribution in [-0.2, 0) is 0 Å². The van der Waals surface area contributed by atoms with Crippen molar-refractivity contribution in [2.24, 2.45) is 5.73 Å². The van der Waals surface area contributed by atoms with Crippen molar-refractivity contribution in [2.75, 3.05) is 0 Å². The summed E-state index contributed by atoms with van der Waals surface area (Å²) in [4.78, 5) is 14.4. The van der Waals surface area contributed by atoms with Crippen LogP contribution >= 0.6 is 0 Å². The molecular formula is C9H11FN2O. The molecule has 0 fully saturated rings. The van der Waals surface area contributed by atoms with Gasteiger partial charge in [0.1, 0.15) is 11.5 Å². The molecule has 1 aromatic rings. The summed E-state index contributed by atoms with van der Waals surface area (Å²) in [6.45, 7) is 3.70. The predicted octanol–water partition coefficient (Wildman–Crippen LogP) is 1.44. The lowest BCUT2D eigenvalue weighted by atomic mass is 10.0. The number of amides is 1. The molecule has 1 amide bonds. The van der Waals surface area contributed by atoms with E-state index >= 15 is 0 Å². The molecule has 0 aliphatic rings. The van der Waals surface area contributed by atoms with Crippen LogP contribution in [0.15, 0.2) is 12.3 Å². The first-order valence-corrected chi connectivity index (χ1v) is 3.97. The predicted molar refractivity (Wildman–Crippen MR) is 46.8 cm³/mol. The highest BCUT2D eigenvalue weighted by Gasteiger charge is 2.10. The minimum atomic E-state index is -0.714. The summed E-state index contributed by atoms with van der Waals surface area (Å²) in [6.07, 6.45) is 1.35. The minimum Gasteiger partial charge on any atom is -0.364 e. The number of rotatable bonds is 2. The highest BCUT2D eigenvalue weighted by Crippen LogP contribution is 2.17. The van der Waals surface area contributed by atoms with Crippen molar-refractivity contribution in [1.29, 1.82) is 0 Å². The maximum absolute atomic E-state index is 13.2. The first-order valence-electron chi connectivity index (χ1n) is 3.97. The second-order valence-electron chi connectivity index (χ2n) is 3.11. The van der Waals surface area contributed by atoms with E-state index in [-0.39, 0.29) is 11.6 Å². The van der Waals surface area contributed by atoms with Gasteiger partial charge in [-0.15, -0.1) is 0 Å². The molecule has 1 aromatic heterocycles. The maximum Gasteiger partial charge on any atom is 0.267 e. The highest BCUT2D eigenvalue weighted by atomic mass is 19.1. The fourth-order valence-electron chi connectivity index (χ4n) is 1.00. The van der Waals surface area contributed by atoms with Crippen LogP contribution in [0.5, 0.6) is 0 Å².